The predicted octanol–water partition coefficient (Wildman–Crippen LogP) is 3.05. The van der Waals surface area contributed by atoms with E-state index in [4.69, 9.17) is 5.73 Å². The normalized spacial score (nSPS) is 12.7. The Morgan fingerprint density at radius 2 is 1.91 bits per heavy atom. The van der Waals surface area contributed by atoms with E-state index < -0.39 is 17.8 Å². The van der Waals surface area contributed by atoms with Crippen molar-refractivity contribution in [3.8, 4) is 0 Å². The van der Waals surface area contributed by atoms with Gasteiger partial charge in [0.25, 0.3) is 5.91 Å². The minimum atomic E-state index is -4.37. The molecule has 1 aromatic carbocycles. The minimum Gasteiger partial charge on any atom is -0.346 e. The maximum atomic E-state index is 12.5. The van der Waals surface area contributed by atoms with Gasteiger partial charge >= 0.3 is 6.18 Å². The maximum absolute atomic E-state index is 12.5. The van der Waals surface area contributed by atoms with Crippen molar-refractivity contribution in [1.29, 1.82) is 0 Å². The summed E-state index contributed by atoms with van der Waals surface area (Å²) in [4.78, 5) is 16.2. The van der Waals surface area contributed by atoms with Crippen LogP contribution >= 0.6 is 0 Å². The Morgan fingerprint density at radius 1 is 1.26 bits per heavy atom. The summed E-state index contributed by atoms with van der Waals surface area (Å²) in [6.07, 6.45) is -2.89. The largest absolute Gasteiger partial charge is 0.416 e. The maximum Gasteiger partial charge on any atom is 0.416 e. The highest BCUT2D eigenvalue weighted by Crippen LogP contribution is 2.29. The lowest BCUT2D eigenvalue weighted by atomic mass is 10.1. The first-order valence-corrected chi connectivity index (χ1v) is 6.94. The van der Waals surface area contributed by atoms with E-state index in [2.05, 4.69) is 10.3 Å². The fraction of sp³-hybridized carbons (Fsp3) is 0.250. The number of pyridine rings is 1. The Bertz CT molecular complexity index is 684. The predicted molar refractivity (Wildman–Crippen MR) is 79.5 cm³/mol. The molecular weight excluding hydrogens is 307 g/mol. The van der Waals surface area contributed by atoms with E-state index in [1.54, 1.807) is 19.1 Å². The van der Waals surface area contributed by atoms with Gasteiger partial charge in [0, 0.05) is 18.3 Å². The molecular formula is C16H16F3N3O. The fourth-order valence-electron chi connectivity index (χ4n) is 2.06. The van der Waals surface area contributed by atoms with Crippen LogP contribution in [-0.4, -0.2) is 10.9 Å². The van der Waals surface area contributed by atoms with Gasteiger partial charge in [-0.1, -0.05) is 12.1 Å². The summed E-state index contributed by atoms with van der Waals surface area (Å²) >= 11 is 0. The third-order valence-corrected chi connectivity index (χ3v) is 3.37. The van der Waals surface area contributed by atoms with Crippen molar-refractivity contribution < 1.29 is 18.0 Å². The van der Waals surface area contributed by atoms with Crippen LogP contribution in [0.2, 0.25) is 0 Å². The average molecular weight is 323 g/mol. The van der Waals surface area contributed by atoms with Crippen molar-refractivity contribution in [3.63, 3.8) is 0 Å². The number of halogens is 3. The summed E-state index contributed by atoms with van der Waals surface area (Å²) in [5.41, 5.74) is 6.32. The van der Waals surface area contributed by atoms with E-state index in [9.17, 15) is 18.0 Å². The van der Waals surface area contributed by atoms with E-state index in [0.29, 0.717) is 16.8 Å². The molecule has 122 valence electrons. The molecule has 0 aliphatic rings. The van der Waals surface area contributed by atoms with Crippen LogP contribution in [0.3, 0.4) is 0 Å². The summed E-state index contributed by atoms with van der Waals surface area (Å²) in [5, 5.41) is 2.73. The number of hydrogen-bond donors (Lipinski definition) is 2. The van der Waals surface area contributed by atoms with Gasteiger partial charge in [-0.3, -0.25) is 9.78 Å². The highest BCUT2D eigenvalue weighted by Gasteiger charge is 2.30. The number of hydrogen-bond acceptors (Lipinski definition) is 3. The van der Waals surface area contributed by atoms with Gasteiger partial charge in [0.2, 0.25) is 0 Å². The standard InChI is InChI=1S/C16H16F3N3O/c1-10(11-2-4-13(5-3-11)16(17,18)19)22-15(23)12-6-7-21-14(8-12)9-20/h2-8,10H,9,20H2,1H3,(H,22,23). The number of rotatable bonds is 4. The second kappa shape index (κ2) is 6.78. The van der Waals surface area contributed by atoms with Crippen molar-refractivity contribution in [2.45, 2.75) is 25.7 Å². The summed E-state index contributed by atoms with van der Waals surface area (Å²) < 4.78 is 37.6. The van der Waals surface area contributed by atoms with E-state index in [1.165, 1.54) is 18.3 Å². The molecule has 0 bridgehead atoms. The number of carbonyl (C=O) groups is 1. The van der Waals surface area contributed by atoms with Crippen molar-refractivity contribution in [1.82, 2.24) is 10.3 Å². The van der Waals surface area contributed by atoms with Gasteiger partial charge in [-0.25, -0.2) is 0 Å². The molecule has 1 unspecified atom stereocenters. The average Bonchev–Trinajstić information content (AvgIpc) is 2.54. The molecule has 0 radical (unpaired) electrons. The quantitative estimate of drug-likeness (QED) is 0.909. The second-order valence-electron chi connectivity index (χ2n) is 5.05. The third kappa shape index (κ3) is 4.29. The Labute approximate surface area is 131 Å². The van der Waals surface area contributed by atoms with Crippen molar-refractivity contribution in [2.75, 3.05) is 0 Å². The van der Waals surface area contributed by atoms with Crippen molar-refractivity contribution in [2.24, 2.45) is 5.73 Å². The molecule has 4 nitrogen and oxygen atoms in total. The molecule has 0 spiro atoms. The lowest BCUT2D eigenvalue weighted by Crippen LogP contribution is -2.27. The minimum absolute atomic E-state index is 0.218. The summed E-state index contributed by atoms with van der Waals surface area (Å²) in [5.74, 6) is -0.338. The highest BCUT2D eigenvalue weighted by atomic mass is 19.4. The zero-order valence-electron chi connectivity index (χ0n) is 12.4. The molecule has 0 saturated carbocycles. The first-order valence-electron chi connectivity index (χ1n) is 6.94. The van der Waals surface area contributed by atoms with Crippen molar-refractivity contribution in [3.05, 3.63) is 65.0 Å². The van der Waals surface area contributed by atoms with Crippen LogP contribution in [0.5, 0.6) is 0 Å². The van der Waals surface area contributed by atoms with Gasteiger partial charge < -0.3 is 11.1 Å². The molecule has 2 rings (SSSR count). The number of amides is 1. The molecule has 0 aliphatic heterocycles. The van der Waals surface area contributed by atoms with Crippen LogP contribution in [0.25, 0.3) is 0 Å². The Balaban J connectivity index is 2.09. The fourth-order valence-corrected chi connectivity index (χ4v) is 2.06. The molecule has 1 atom stereocenters. The number of alkyl halides is 3. The van der Waals surface area contributed by atoms with Crippen LogP contribution in [-0.2, 0) is 12.7 Å². The van der Waals surface area contributed by atoms with E-state index in [0.717, 1.165) is 12.1 Å². The van der Waals surface area contributed by atoms with Gasteiger partial charge in [-0.05, 0) is 36.8 Å². The number of aromatic nitrogens is 1. The van der Waals surface area contributed by atoms with Gasteiger partial charge in [0.05, 0.1) is 17.3 Å². The Kier molecular flexibility index (Phi) is 5.00. The van der Waals surface area contributed by atoms with Crippen LogP contribution in [0, 0.1) is 0 Å². The number of benzene rings is 1. The summed E-state index contributed by atoms with van der Waals surface area (Å²) in [6.45, 7) is 1.92. The van der Waals surface area contributed by atoms with Crippen LogP contribution < -0.4 is 11.1 Å². The number of nitrogens with zero attached hydrogens (tertiary/aromatic N) is 1. The molecule has 2 aromatic rings. The molecule has 3 N–H and O–H groups in total. The van der Waals surface area contributed by atoms with Gasteiger partial charge in [0.1, 0.15) is 0 Å². The number of nitrogens with two attached hydrogens (primary N) is 1. The molecule has 1 aromatic heterocycles. The first kappa shape index (κ1) is 17.0. The summed E-state index contributed by atoms with van der Waals surface area (Å²) in [7, 11) is 0. The molecule has 23 heavy (non-hydrogen) atoms. The van der Waals surface area contributed by atoms with Gasteiger partial charge in [0.15, 0.2) is 0 Å². The molecule has 0 fully saturated rings. The third-order valence-electron chi connectivity index (χ3n) is 3.37. The van der Waals surface area contributed by atoms with E-state index in [-0.39, 0.29) is 12.5 Å². The molecule has 1 amide bonds. The first-order chi connectivity index (χ1) is 10.8. The monoisotopic (exact) mass is 323 g/mol. The Hall–Kier alpha value is -2.41. The van der Waals surface area contributed by atoms with E-state index in [1.807, 2.05) is 0 Å². The molecule has 0 saturated heterocycles. The number of nitrogens with one attached hydrogen (secondary N) is 1. The molecule has 7 heteroatoms. The van der Waals surface area contributed by atoms with Crippen LogP contribution in [0.4, 0.5) is 13.2 Å². The lowest BCUT2D eigenvalue weighted by molar-refractivity contribution is -0.137. The van der Waals surface area contributed by atoms with Crippen LogP contribution in [0.1, 0.15) is 40.1 Å². The van der Waals surface area contributed by atoms with Gasteiger partial charge in [-0.2, -0.15) is 13.2 Å². The summed E-state index contributed by atoms with van der Waals surface area (Å²) in [6, 6.07) is 7.40. The lowest BCUT2D eigenvalue weighted by Gasteiger charge is -2.15. The van der Waals surface area contributed by atoms with E-state index >= 15 is 0 Å². The van der Waals surface area contributed by atoms with Gasteiger partial charge in [-0.15, -0.1) is 0 Å². The topological polar surface area (TPSA) is 68.0 Å². The highest BCUT2D eigenvalue weighted by molar-refractivity contribution is 5.94. The SMILES string of the molecule is CC(NC(=O)c1ccnc(CN)c1)c1ccc(C(F)(F)F)cc1. The van der Waals surface area contributed by atoms with Crippen molar-refractivity contribution >= 4 is 5.91 Å². The molecule has 0 aliphatic carbocycles. The Morgan fingerprint density at radius 3 is 2.48 bits per heavy atom. The number of carbonyl (C=O) groups excluding carboxylic acids is 1. The second-order valence-corrected chi connectivity index (χ2v) is 5.05. The zero-order valence-corrected chi connectivity index (χ0v) is 12.4. The van der Waals surface area contributed by atoms with Crippen LogP contribution in [0.15, 0.2) is 42.6 Å². The smallest absolute Gasteiger partial charge is 0.346 e. The zero-order chi connectivity index (χ0) is 17.0. The molecule has 1 heterocycles.